The largest absolute Gasteiger partial charge is 0.476 e. The fourth-order valence-corrected chi connectivity index (χ4v) is 3.87. The molecule has 3 heterocycles. The van der Waals surface area contributed by atoms with Gasteiger partial charge in [-0.2, -0.15) is 13.2 Å². The van der Waals surface area contributed by atoms with Gasteiger partial charge < -0.3 is 4.74 Å². The van der Waals surface area contributed by atoms with Crippen LogP contribution >= 0.6 is 0 Å². The average Bonchev–Trinajstić information content (AvgIpc) is 3.04. The molecule has 3 rings (SSSR count). The van der Waals surface area contributed by atoms with Crippen LogP contribution in [-0.2, 0) is 6.18 Å². The van der Waals surface area contributed by atoms with Gasteiger partial charge in [0.15, 0.2) is 5.69 Å². The van der Waals surface area contributed by atoms with Crippen LogP contribution in [0.5, 0.6) is 5.88 Å². The van der Waals surface area contributed by atoms with Crippen LogP contribution in [0.4, 0.5) is 13.2 Å². The monoisotopic (exact) mass is 315 g/mol. The maximum Gasteiger partial charge on any atom is 0.433 e. The van der Waals surface area contributed by atoms with Gasteiger partial charge in [-0.1, -0.05) is 6.92 Å². The molecule has 2 aliphatic heterocycles. The van der Waals surface area contributed by atoms with Crippen LogP contribution in [0.25, 0.3) is 0 Å². The summed E-state index contributed by atoms with van der Waals surface area (Å²) in [4.78, 5) is 9.51. The lowest BCUT2D eigenvalue weighted by Gasteiger charge is -2.34. The van der Waals surface area contributed by atoms with Crippen LogP contribution in [0.2, 0.25) is 0 Å². The maximum absolute atomic E-state index is 12.6. The molecule has 0 aliphatic carbocycles. The second-order valence-corrected chi connectivity index (χ2v) is 6.12. The number of hydrogen-bond donors (Lipinski definition) is 0. The SMILES string of the molecule is CC[C@@]12CCCN1[C@H](COc1cc(C(F)(F)F)ncn1)CC2. The summed E-state index contributed by atoms with van der Waals surface area (Å²) in [6.45, 7) is 3.65. The predicted molar refractivity (Wildman–Crippen MR) is 74.5 cm³/mol. The van der Waals surface area contributed by atoms with Crippen LogP contribution < -0.4 is 4.74 Å². The van der Waals surface area contributed by atoms with Crippen LogP contribution in [0.3, 0.4) is 0 Å². The average molecular weight is 315 g/mol. The highest BCUT2D eigenvalue weighted by Crippen LogP contribution is 2.44. The second-order valence-electron chi connectivity index (χ2n) is 6.12. The normalized spacial score (nSPS) is 28.8. The number of fused-ring (bicyclic) bond motifs is 1. The van der Waals surface area contributed by atoms with E-state index in [1.54, 1.807) is 0 Å². The van der Waals surface area contributed by atoms with Gasteiger partial charge in [-0.25, -0.2) is 9.97 Å². The molecule has 0 aromatic carbocycles. The molecule has 0 amide bonds. The van der Waals surface area contributed by atoms with E-state index in [2.05, 4.69) is 21.8 Å². The molecule has 2 saturated heterocycles. The molecule has 0 unspecified atom stereocenters. The van der Waals surface area contributed by atoms with Crippen molar-refractivity contribution in [3.05, 3.63) is 18.1 Å². The first kappa shape index (κ1) is 15.5. The molecule has 1 aromatic heterocycles. The van der Waals surface area contributed by atoms with E-state index in [9.17, 15) is 13.2 Å². The van der Waals surface area contributed by atoms with Crippen LogP contribution in [0.15, 0.2) is 12.4 Å². The lowest BCUT2D eigenvalue weighted by molar-refractivity contribution is -0.141. The number of halogens is 3. The van der Waals surface area contributed by atoms with Gasteiger partial charge in [0.25, 0.3) is 0 Å². The first-order valence-electron chi connectivity index (χ1n) is 7.73. The van der Waals surface area contributed by atoms with Gasteiger partial charge in [0.05, 0.1) is 0 Å². The highest BCUT2D eigenvalue weighted by molar-refractivity contribution is 5.16. The molecule has 0 spiro atoms. The van der Waals surface area contributed by atoms with Gasteiger partial charge >= 0.3 is 6.18 Å². The lowest BCUT2D eigenvalue weighted by atomic mass is 9.91. The van der Waals surface area contributed by atoms with E-state index >= 15 is 0 Å². The smallest absolute Gasteiger partial charge is 0.433 e. The zero-order valence-electron chi connectivity index (χ0n) is 12.6. The van der Waals surface area contributed by atoms with Gasteiger partial charge in [0.1, 0.15) is 12.9 Å². The van der Waals surface area contributed by atoms with Crippen molar-refractivity contribution < 1.29 is 17.9 Å². The molecular weight excluding hydrogens is 295 g/mol. The van der Waals surface area contributed by atoms with E-state index in [1.165, 1.54) is 12.8 Å². The number of nitrogens with zero attached hydrogens (tertiary/aromatic N) is 3. The van der Waals surface area contributed by atoms with Crippen molar-refractivity contribution in [3.8, 4) is 5.88 Å². The zero-order chi connectivity index (χ0) is 15.8. The molecule has 122 valence electrons. The topological polar surface area (TPSA) is 38.2 Å². The molecule has 0 radical (unpaired) electrons. The summed E-state index contributed by atoms with van der Waals surface area (Å²) in [6.07, 6.45) is 2.14. The molecular formula is C15H20F3N3O. The van der Waals surface area contributed by atoms with E-state index in [0.717, 1.165) is 38.2 Å². The van der Waals surface area contributed by atoms with E-state index in [0.29, 0.717) is 6.61 Å². The summed E-state index contributed by atoms with van der Waals surface area (Å²) in [6, 6.07) is 1.14. The minimum atomic E-state index is -4.47. The summed E-state index contributed by atoms with van der Waals surface area (Å²) in [5.74, 6) is -0.00415. The summed E-state index contributed by atoms with van der Waals surface area (Å²) in [7, 11) is 0. The van der Waals surface area contributed by atoms with Gasteiger partial charge in [-0.3, -0.25) is 4.90 Å². The quantitative estimate of drug-likeness (QED) is 0.854. The molecule has 0 N–H and O–H groups in total. The number of aromatic nitrogens is 2. The van der Waals surface area contributed by atoms with Crippen molar-refractivity contribution in [2.45, 2.75) is 56.8 Å². The van der Waals surface area contributed by atoms with E-state index in [-0.39, 0.29) is 17.5 Å². The Kier molecular flexibility index (Phi) is 4.01. The molecule has 7 heteroatoms. The molecule has 2 fully saturated rings. The lowest BCUT2D eigenvalue weighted by Crippen LogP contribution is -2.43. The third-order valence-corrected chi connectivity index (χ3v) is 5.05. The Morgan fingerprint density at radius 1 is 1.36 bits per heavy atom. The van der Waals surface area contributed by atoms with Crippen molar-refractivity contribution in [2.24, 2.45) is 0 Å². The molecule has 0 bridgehead atoms. The van der Waals surface area contributed by atoms with Gasteiger partial charge in [0.2, 0.25) is 5.88 Å². The summed E-state index contributed by atoms with van der Waals surface area (Å²) in [5, 5.41) is 0. The van der Waals surface area contributed by atoms with Crippen molar-refractivity contribution in [1.82, 2.24) is 14.9 Å². The molecule has 22 heavy (non-hydrogen) atoms. The first-order chi connectivity index (χ1) is 10.4. The third-order valence-electron chi connectivity index (χ3n) is 5.05. The fourth-order valence-electron chi connectivity index (χ4n) is 3.87. The third kappa shape index (κ3) is 2.78. The van der Waals surface area contributed by atoms with Crippen molar-refractivity contribution in [1.29, 1.82) is 0 Å². The van der Waals surface area contributed by atoms with Gasteiger partial charge in [0, 0.05) is 17.6 Å². The van der Waals surface area contributed by atoms with Gasteiger partial charge in [-0.05, 0) is 38.6 Å². The minimum Gasteiger partial charge on any atom is -0.476 e. The standard InChI is InChI=1S/C15H20F3N3O/c1-2-14-5-3-7-21(14)11(4-6-14)9-22-13-8-12(15(16,17)18)19-10-20-13/h8,10-11H,2-7,9H2,1H3/t11-,14-/m0/s1. The molecule has 2 atom stereocenters. The molecule has 4 nitrogen and oxygen atoms in total. The van der Waals surface area contributed by atoms with Gasteiger partial charge in [-0.15, -0.1) is 0 Å². The second kappa shape index (κ2) is 5.68. The number of ether oxygens (including phenoxy) is 1. The van der Waals surface area contributed by atoms with Crippen LogP contribution in [0.1, 0.15) is 44.7 Å². The Balaban J connectivity index is 1.64. The predicted octanol–water partition coefficient (Wildman–Crippen LogP) is 3.28. The van der Waals surface area contributed by atoms with E-state index in [4.69, 9.17) is 4.74 Å². The Morgan fingerprint density at radius 3 is 2.91 bits per heavy atom. The number of hydrogen-bond acceptors (Lipinski definition) is 4. The molecule has 1 aromatic rings. The molecule has 2 aliphatic rings. The van der Waals surface area contributed by atoms with Crippen LogP contribution in [0, 0.1) is 0 Å². The first-order valence-corrected chi connectivity index (χ1v) is 7.73. The maximum atomic E-state index is 12.6. The minimum absolute atomic E-state index is 0.00415. The van der Waals surface area contributed by atoms with Crippen molar-refractivity contribution >= 4 is 0 Å². The number of alkyl halides is 3. The summed E-state index contributed by atoms with van der Waals surface area (Å²) in [5.41, 5.74) is -0.676. The Hall–Kier alpha value is -1.37. The fraction of sp³-hybridized carbons (Fsp3) is 0.733. The van der Waals surface area contributed by atoms with E-state index < -0.39 is 11.9 Å². The molecule has 0 saturated carbocycles. The highest BCUT2D eigenvalue weighted by atomic mass is 19.4. The van der Waals surface area contributed by atoms with Crippen molar-refractivity contribution in [3.63, 3.8) is 0 Å². The number of rotatable bonds is 4. The summed E-state index contributed by atoms with van der Waals surface area (Å²) >= 11 is 0. The Labute approximate surface area is 127 Å². The highest BCUT2D eigenvalue weighted by Gasteiger charge is 2.47. The van der Waals surface area contributed by atoms with Crippen molar-refractivity contribution in [2.75, 3.05) is 13.2 Å². The van der Waals surface area contributed by atoms with Crippen LogP contribution in [-0.4, -0.2) is 39.6 Å². The summed E-state index contributed by atoms with van der Waals surface area (Å²) < 4.78 is 43.4. The Morgan fingerprint density at radius 2 is 2.18 bits per heavy atom. The Bertz CT molecular complexity index is 537. The zero-order valence-corrected chi connectivity index (χ0v) is 12.6. The van der Waals surface area contributed by atoms with E-state index in [1.807, 2.05) is 0 Å².